The summed E-state index contributed by atoms with van der Waals surface area (Å²) in [6, 6.07) is 5.96. The van der Waals surface area contributed by atoms with Gasteiger partial charge >= 0.3 is 17.8 Å². The van der Waals surface area contributed by atoms with Gasteiger partial charge in [-0.3, -0.25) is 4.79 Å². The topological polar surface area (TPSA) is 71.2 Å². The van der Waals surface area contributed by atoms with Crippen molar-refractivity contribution in [3.8, 4) is 5.75 Å². The lowest BCUT2D eigenvalue weighted by molar-refractivity contribution is -0.166. The number of carboxylic acids is 1. The van der Waals surface area contributed by atoms with Gasteiger partial charge in [0, 0.05) is 12.0 Å². The zero-order chi connectivity index (χ0) is 24.7. The number of ether oxygens (including phenoxy) is 1. The Bertz CT molecular complexity index is 788. The molecule has 0 unspecified atom stereocenters. The third kappa shape index (κ3) is 10.3. The van der Waals surface area contributed by atoms with Crippen LogP contribution >= 0.6 is 0 Å². The maximum atomic E-state index is 13.1. The van der Waals surface area contributed by atoms with E-state index in [1.54, 1.807) is 12.1 Å². The molecule has 0 aliphatic carbocycles. The molecular weight excluding hydrogens is 445 g/mol. The maximum Gasteiger partial charge on any atom is 0.442 e. The van der Waals surface area contributed by atoms with Crippen molar-refractivity contribution in [2.24, 2.45) is 10.2 Å². The summed E-state index contributed by atoms with van der Waals surface area (Å²) in [6.07, 6.45) is 14.3. The molecular formula is C26H37F3N2O3. The lowest BCUT2D eigenvalue weighted by Gasteiger charge is -2.15. The second-order valence-corrected chi connectivity index (χ2v) is 8.83. The van der Waals surface area contributed by atoms with E-state index in [0.717, 1.165) is 51.4 Å². The Balaban J connectivity index is 1.40. The van der Waals surface area contributed by atoms with Gasteiger partial charge in [0.25, 0.3) is 0 Å². The first-order valence-electron chi connectivity index (χ1n) is 12.5. The van der Waals surface area contributed by atoms with Crippen LogP contribution in [-0.2, 0) is 10.5 Å². The quantitative estimate of drug-likeness (QED) is 0.159. The number of benzene rings is 1. The van der Waals surface area contributed by atoms with Crippen molar-refractivity contribution in [3.63, 3.8) is 0 Å². The molecule has 0 atom stereocenters. The van der Waals surface area contributed by atoms with Crippen LogP contribution in [0, 0.1) is 0 Å². The van der Waals surface area contributed by atoms with Crippen molar-refractivity contribution in [1.29, 1.82) is 0 Å². The van der Waals surface area contributed by atoms with Gasteiger partial charge in [-0.2, -0.15) is 13.2 Å². The number of unbranched alkanes of at least 4 members (excludes halogenated alkanes) is 11. The van der Waals surface area contributed by atoms with Crippen molar-refractivity contribution in [3.05, 3.63) is 42.0 Å². The minimum atomic E-state index is -4.52. The molecule has 1 aromatic rings. The van der Waals surface area contributed by atoms with E-state index in [1.165, 1.54) is 44.2 Å². The fraction of sp³-hybridized carbons (Fsp3) is 0.654. The highest BCUT2D eigenvalue weighted by Crippen LogP contribution is 2.52. The first-order chi connectivity index (χ1) is 16.3. The summed E-state index contributed by atoms with van der Waals surface area (Å²) in [5.74, 6) is -0.284. The number of nitrogens with zero attached hydrogens (tertiary/aromatic N) is 2. The van der Waals surface area contributed by atoms with Crippen molar-refractivity contribution in [1.82, 2.24) is 0 Å². The van der Waals surface area contributed by atoms with E-state index in [-0.39, 0.29) is 12.0 Å². The number of alkyl halides is 3. The molecule has 0 aromatic heterocycles. The Hall–Kier alpha value is -2.38. The monoisotopic (exact) mass is 482 g/mol. The first kappa shape index (κ1) is 27.9. The number of allylic oxidation sites excluding steroid dienone is 2. The minimum Gasteiger partial charge on any atom is -0.494 e. The molecule has 34 heavy (non-hydrogen) atoms. The van der Waals surface area contributed by atoms with Gasteiger partial charge in [0.15, 0.2) is 0 Å². The average molecular weight is 483 g/mol. The van der Waals surface area contributed by atoms with Crippen molar-refractivity contribution in [2.75, 3.05) is 6.61 Å². The number of carbonyl (C=O) groups is 1. The van der Waals surface area contributed by atoms with Gasteiger partial charge in [-0.15, -0.1) is 10.2 Å². The molecule has 8 heteroatoms. The van der Waals surface area contributed by atoms with Crippen LogP contribution in [0.5, 0.6) is 5.75 Å². The molecule has 190 valence electrons. The van der Waals surface area contributed by atoms with Crippen LogP contribution in [0.1, 0.15) is 95.5 Å². The molecule has 1 aromatic carbocycles. The summed E-state index contributed by atoms with van der Waals surface area (Å²) < 4.78 is 44.9. The fourth-order valence-corrected chi connectivity index (χ4v) is 3.81. The molecule has 5 nitrogen and oxygen atoms in total. The third-order valence-electron chi connectivity index (χ3n) is 5.89. The molecule has 2 rings (SSSR count). The Labute approximate surface area is 200 Å². The zero-order valence-corrected chi connectivity index (χ0v) is 19.9. The molecule has 1 heterocycles. The van der Waals surface area contributed by atoms with Crippen LogP contribution in [0.4, 0.5) is 13.2 Å². The van der Waals surface area contributed by atoms with E-state index in [0.29, 0.717) is 12.4 Å². The molecule has 0 radical (unpaired) electrons. The van der Waals surface area contributed by atoms with Crippen molar-refractivity contribution >= 4 is 5.97 Å². The lowest BCUT2D eigenvalue weighted by Crippen LogP contribution is -2.30. The number of carboxylic acid groups (broad SMARTS) is 1. The number of hydrogen-bond donors (Lipinski definition) is 1. The predicted octanol–water partition coefficient (Wildman–Crippen LogP) is 8.35. The Kier molecular flexibility index (Phi) is 12.1. The van der Waals surface area contributed by atoms with Gasteiger partial charge in [-0.25, -0.2) is 0 Å². The molecule has 1 N–H and O–H groups in total. The summed E-state index contributed by atoms with van der Waals surface area (Å²) in [5.41, 5.74) is -2.40. The highest BCUT2D eigenvalue weighted by Gasteiger charge is 2.65. The predicted molar refractivity (Wildman–Crippen MR) is 126 cm³/mol. The fourth-order valence-electron chi connectivity index (χ4n) is 3.81. The van der Waals surface area contributed by atoms with Gasteiger partial charge < -0.3 is 9.84 Å². The number of hydrogen-bond acceptors (Lipinski definition) is 4. The highest BCUT2D eigenvalue weighted by molar-refractivity contribution is 5.66. The first-order valence-corrected chi connectivity index (χ1v) is 12.5. The number of halogens is 3. The normalized spacial score (nSPS) is 14.6. The Morgan fingerprint density at radius 1 is 0.882 bits per heavy atom. The largest absolute Gasteiger partial charge is 0.494 e. The standard InChI is InChI=1S/C26H37F3N2O3/c27-26(28,29)25(30-31-25)22-17-16-18-23(21-22)34-20-15-13-11-9-7-5-3-1-2-4-6-8-10-12-14-19-24(32)33/h1-2,16-18,21H,3-15,19-20H2,(H,32,33)/b2-1+. The maximum absolute atomic E-state index is 13.1. The van der Waals surface area contributed by atoms with Gasteiger partial charge in [-0.1, -0.05) is 69.2 Å². The molecule has 0 saturated carbocycles. The molecule has 0 spiro atoms. The van der Waals surface area contributed by atoms with Crippen LogP contribution in [0.25, 0.3) is 0 Å². The van der Waals surface area contributed by atoms with Crippen molar-refractivity contribution < 1.29 is 27.8 Å². The Morgan fingerprint density at radius 3 is 2.00 bits per heavy atom. The summed E-state index contributed by atoms with van der Waals surface area (Å²) in [5, 5.41) is 15.0. The second kappa shape index (κ2) is 14.8. The lowest BCUT2D eigenvalue weighted by atomic mass is 10.0. The summed E-state index contributed by atoms with van der Waals surface area (Å²) in [7, 11) is 0. The van der Waals surface area contributed by atoms with Crippen LogP contribution in [0.2, 0.25) is 0 Å². The molecule has 1 aliphatic rings. The van der Waals surface area contributed by atoms with Crippen LogP contribution in [0.15, 0.2) is 46.6 Å². The average Bonchev–Trinajstić information content (AvgIpc) is 3.61. The number of aliphatic carboxylic acids is 1. The summed E-state index contributed by atoms with van der Waals surface area (Å²) in [6.45, 7) is 0.485. The molecule has 0 amide bonds. The summed E-state index contributed by atoms with van der Waals surface area (Å²) in [4.78, 5) is 10.4. The summed E-state index contributed by atoms with van der Waals surface area (Å²) >= 11 is 0. The van der Waals surface area contributed by atoms with Gasteiger partial charge in [0.05, 0.1) is 6.61 Å². The van der Waals surface area contributed by atoms with E-state index in [9.17, 15) is 18.0 Å². The van der Waals surface area contributed by atoms with Gasteiger partial charge in [0.2, 0.25) is 0 Å². The molecule has 0 fully saturated rings. The highest BCUT2D eigenvalue weighted by atomic mass is 19.4. The molecule has 0 saturated heterocycles. The van der Waals surface area contributed by atoms with Crippen LogP contribution < -0.4 is 4.74 Å². The Morgan fingerprint density at radius 2 is 1.44 bits per heavy atom. The van der Waals surface area contributed by atoms with Gasteiger partial charge in [0.1, 0.15) is 5.75 Å². The van der Waals surface area contributed by atoms with Crippen LogP contribution in [0.3, 0.4) is 0 Å². The van der Waals surface area contributed by atoms with E-state index in [4.69, 9.17) is 9.84 Å². The van der Waals surface area contributed by atoms with E-state index in [2.05, 4.69) is 22.4 Å². The number of rotatable bonds is 19. The SMILES string of the molecule is O=C(O)CCCCCCC/C=C/CCCCCCCCOc1cccc(C2(C(F)(F)F)N=N2)c1. The van der Waals surface area contributed by atoms with Crippen molar-refractivity contribution in [2.45, 2.75) is 102 Å². The van der Waals surface area contributed by atoms with E-state index in [1.807, 2.05) is 0 Å². The minimum absolute atomic E-state index is 0.000433. The smallest absolute Gasteiger partial charge is 0.442 e. The van der Waals surface area contributed by atoms with Crippen LogP contribution in [-0.4, -0.2) is 23.9 Å². The van der Waals surface area contributed by atoms with Gasteiger partial charge in [-0.05, 0) is 50.7 Å². The second-order valence-electron chi connectivity index (χ2n) is 8.83. The van der Waals surface area contributed by atoms with E-state index >= 15 is 0 Å². The third-order valence-corrected chi connectivity index (χ3v) is 5.89. The zero-order valence-electron chi connectivity index (χ0n) is 19.9. The molecule has 1 aliphatic heterocycles. The van der Waals surface area contributed by atoms with E-state index < -0.39 is 17.8 Å². The molecule has 0 bridgehead atoms.